The standard InChI is InChI=1S/C33H30O8/c1-4-37-18-5-19-38-33(35)40-29-15-12-24(13-16-29)23-6-8-25(9-7-23)31(41-36)28-11-10-27-21-30(17-14-26(27)20-28)39-32(34)22(2)3/h4,6-17,20-21,31,36H,1-2,5,18-19H2,3H3. The maximum absolute atomic E-state index is 11.8. The Morgan fingerprint density at radius 1 is 0.805 bits per heavy atom. The molecule has 1 N–H and O–H groups in total. The molecule has 0 aliphatic heterocycles. The third-order valence-electron chi connectivity index (χ3n) is 6.15. The van der Waals surface area contributed by atoms with Crippen molar-refractivity contribution in [1.82, 2.24) is 0 Å². The number of benzene rings is 4. The number of carbonyl (C=O) groups excluding carboxylic acids is 2. The van der Waals surface area contributed by atoms with Gasteiger partial charge in [-0.1, -0.05) is 67.8 Å². The van der Waals surface area contributed by atoms with Crippen LogP contribution in [0.15, 0.2) is 110 Å². The highest BCUT2D eigenvalue weighted by Gasteiger charge is 2.16. The fraction of sp³-hybridized carbons (Fsp3) is 0.152. The molecule has 41 heavy (non-hydrogen) atoms. The summed E-state index contributed by atoms with van der Waals surface area (Å²) in [6, 6.07) is 25.6. The number of ether oxygens (including phenoxy) is 4. The first-order chi connectivity index (χ1) is 19.9. The van der Waals surface area contributed by atoms with Crippen molar-refractivity contribution in [3.8, 4) is 22.6 Å². The molecule has 0 amide bonds. The minimum Gasteiger partial charge on any atom is -0.502 e. The van der Waals surface area contributed by atoms with Gasteiger partial charge in [0.15, 0.2) is 0 Å². The Balaban J connectivity index is 1.40. The van der Waals surface area contributed by atoms with Gasteiger partial charge < -0.3 is 18.9 Å². The quantitative estimate of drug-likeness (QED) is 0.0279. The zero-order chi connectivity index (χ0) is 29.2. The number of fused-ring (bicyclic) bond motifs is 1. The van der Waals surface area contributed by atoms with Crippen LogP contribution in [-0.4, -0.2) is 30.6 Å². The first kappa shape index (κ1) is 29.1. The van der Waals surface area contributed by atoms with Gasteiger partial charge in [-0.15, -0.1) is 0 Å². The summed E-state index contributed by atoms with van der Waals surface area (Å²) in [6.07, 6.45) is 0.381. The molecule has 0 aromatic heterocycles. The zero-order valence-corrected chi connectivity index (χ0v) is 22.6. The lowest BCUT2D eigenvalue weighted by molar-refractivity contribution is -0.270. The summed E-state index contributed by atoms with van der Waals surface area (Å²) in [5, 5.41) is 11.5. The zero-order valence-electron chi connectivity index (χ0n) is 22.6. The molecule has 210 valence electrons. The summed E-state index contributed by atoms with van der Waals surface area (Å²) in [6.45, 7) is 9.23. The van der Waals surface area contributed by atoms with Gasteiger partial charge in [0.1, 0.15) is 17.6 Å². The van der Waals surface area contributed by atoms with Crippen molar-refractivity contribution in [3.63, 3.8) is 0 Å². The summed E-state index contributed by atoms with van der Waals surface area (Å²) in [5.74, 6) is 0.307. The second-order valence-electron chi connectivity index (χ2n) is 9.16. The van der Waals surface area contributed by atoms with E-state index in [0.717, 1.165) is 33.0 Å². The Morgan fingerprint density at radius 2 is 1.41 bits per heavy atom. The molecule has 0 saturated carbocycles. The van der Waals surface area contributed by atoms with Crippen LogP contribution in [0.3, 0.4) is 0 Å². The molecule has 0 spiro atoms. The molecule has 0 aliphatic carbocycles. The van der Waals surface area contributed by atoms with Crippen LogP contribution < -0.4 is 9.47 Å². The highest BCUT2D eigenvalue weighted by molar-refractivity contribution is 5.90. The van der Waals surface area contributed by atoms with Gasteiger partial charge in [-0.25, -0.2) is 14.5 Å². The second-order valence-corrected chi connectivity index (χ2v) is 9.16. The van der Waals surface area contributed by atoms with Crippen LogP contribution in [-0.2, 0) is 19.2 Å². The van der Waals surface area contributed by atoms with Gasteiger partial charge in [-0.3, -0.25) is 5.26 Å². The lowest BCUT2D eigenvalue weighted by Gasteiger charge is -2.16. The molecule has 1 unspecified atom stereocenters. The van der Waals surface area contributed by atoms with Crippen LogP contribution in [0.1, 0.15) is 30.6 Å². The molecule has 0 aliphatic rings. The van der Waals surface area contributed by atoms with Gasteiger partial charge in [-0.05, 0) is 70.3 Å². The number of hydrogen-bond acceptors (Lipinski definition) is 8. The number of carbonyl (C=O) groups is 2. The molecule has 8 nitrogen and oxygen atoms in total. The SMILES string of the molecule is C=COCCCOC(=O)Oc1ccc(-c2ccc(C(OO)c3ccc4cc(OC(=O)C(=C)C)ccc4c3)cc2)cc1. The van der Waals surface area contributed by atoms with E-state index in [1.807, 2.05) is 60.7 Å². The van der Waals surface area contributed by atoms with Crippen molar-refractivity contribution < 1.29 is 38.7 Å². The predicted octanol–water partition coefficient (Wildman–Crippen LogP) is 7.63. The predicted molar refractivity (Wildman–Crippen MR) is 155 cm³/mol. The maximum Gasteiger partial charge on any atom is 0.513 e. The third kappa shape index (κ3) is 7.82. The molecule has 0 radical (unpaired) electrons. The van der Waals surface area contributed by atoms with Crippen molar-refractivity contribution in [2.75, 3.05) is 13.2 Å². The van der Waals surface area contributed by atoms with E-state index >= 15 is 0 Å². The number of rotatable bonds is 12. The Morgan fingerprint density at radius 3 is 2.07 bits per heavy atom. The molecule has 8 heteroatoms. The van der Waals surface area contributed by atoms with Crippen LogP contribution in [0.2, 0.25) is 0 Å². The van der Waals surface area contributed by atoms with Gasteiger partial charge >= 0.3 is 12.1 Å². The van der Waals surface area contributed by atoms with Crippen molar-refractivity contribution in [1.29, 1.82) is 0 Å². The van der Waals surface area contributed by atoms with E-state index < -0.39 is 18.2 Å². The Hall–Kier alpha value is -4.92. The van der Waals surface area contributed by atoms with E-state index in [9.17, 15) is 14.8 Å². The highest BCUT2D eigenvalue weighted by Crippen LogP contribution is 2.31. The lowest BCUT2D eigenvalue weighted by Crippen LogP contribution is -2.12. The van der Waals surface area contributed by atoms with E-state index in [0.29, 0.717) is 30.1 Å². The van der Waals surface area contributed by atoms with Gasteiger partial charge in [0, 0.05) is 12.0 Å². The molecule has 4 aromatic carbocycles. The van der Waals surface area contributed by atoms with Crippen LogP contribution in [0.25, 0.3) is 21.9 Å². The molecule has 0 saturated heterocycles. The van der Waals surface area contributed by atoms with Gasteiger partial charge in [0.05, 0.1) is 19.5 Å². The number of esters is 1. The summed E-state index contributed by atoms with van der Waals surface area (Å²) >= 11 is 0. The Labute approximate surface area is 237 Å². The molecule has 1 atom stereocenters. The summed E-state index contributed by atoms with van der Waals surface area (Å²) in [4.78, 5) is 28.5. The normalized spacial score (nSPS) is 11.4. The van der Waals surface area contributed by atoms with E-state index in [4.69, 9.17) is 23.8 Å². The maximum atomic E-state index is 11.8. The monoisotopic (exact) mass is 554 g/mol. The van der Waals surface area contributed by atoms with Crippen molar-refractivity contribution in [2.45, 2.75) is 19.4 Å². The fourth-order valence-corrected chi connectivity index (χ4v) is 4.05. The first-order valence-electron chi connectivity index (χ1n) is 12.9. The minimum atomic E-state index is -0.781. The third-order valence-corrected chi connectivity index (χ3v) is 6.15. The molecule has 4 aromatic rings. The molecule has 0 fully saturated rings. The summed E-state index contributed by atoms with van der Waals surface area (Å²) in [5.41, 5.74) is 3.66. The average molecular weight is 555 g/mol. The van der Waals surface area contributed by atoms with Crippen molar-refractivity contribution >= 4 is 22.9 Å². The molecular formula is C33H30O8. The summed E-state index contributed by atoms with van der Waals surface area (Å²) < 4.78 is 20.5. The minimum absolute atomic E-state index is 0.183. The molecule has 0 bridgehead atoms. The van der Waals surface area contributed by atoms with Crippen LogP contribution in [0.4, 0.5) is 4.79 Å². The lowest BCUT2D eigenvalue weighted by atomic mass is 9.96. The largest absolute Gasteiger partial charge is 0.513 e. The van der Waals surface area contributed by atoms with Crippen LogP contribution in [0, 0.1) is 0 Å². The second kappa shape index (κ2) is 13.9. The van der Waals surface area contributed by atoms with E-state index in [1.54, 1.807) is 31.2 Å². The van der Waals surface area contributed by atoms with Gasteiger partial charge in [0.25, 0.3) is 0 Å². The van der Waals surface area contributed by atoms with E-state index in [-0.39, 0.29) is 6.61 Å². The van der Waals surface area contributed by atoms with Crippen molar-refractivity contribution in [2.24, 2.45) is 0 Å². The number of hydrogen-bond donors (Lipinski definition) is 1. The highest BCUT2D eigenvalue weighted by atomic mass is 17.1. The van der Waals surface area contributed by atoms with Gasteiger partial charge in [0.2, 0.25) is 0 Å². The Bertz CT molecular complexity index is 1520. The van der Waals surface area contributed by atoms with E-state index in [1.165, 1.54) is 6.26 Å². The summed E-state index contributed by atoms with van der Waals surface area (Å²) in [7, 11) is 0. The fourth-order valence-electron chi connectivity index (χ4n) is 4.05. The average Bonchev–Trinajstić information content (AvgIpc) is 2.98. The van der Waals surface area contributed by atoms with Gasteiger partial charge in [-0.2, -0.15) is 0 Å². The topological polar surface area (TPSA) is 101 Å². The Kier molecular flexibility index (Phi) is 9.88. The van der Waals surface area contributed by atoms with E-state index in [2.05, 4.69) is 13.2 Å². The first-order valence-corrected chi connectivity index (χ1v) is 12.9. The van der Waals surface area contributed by atoms with Crippen LogP contribution >= 0.6 is 0 Å². The van der Waals surface area contributed by atoms with Crippen LogP contribution in [0.5, 0.6) is 11.5 Å². The molecule has 0 heterocycles. The smallest absolute Gasteiger partial charge is 0.502 e. The molecule has 4 rings (SSSR count). The molecular weight excluding hydrogens is 524 g/mol. The van der Waals surface area contributed by atoms with Crippen molar-refractivity contribution in [3.05, 3.63) is 121 Å².